The molecule has 0 spiro atoms. The maximum atomic E-state index is 13.8. The molecule has 19 heavy (non-hydrogen) atoms. The van der Waals surface area contributed by atoms with Crippen molar-refractivity contribution in [3.8, 4) is 5.75 Å². The van der Waals surface area contributed by atoms with Crippen LogP contribution in [0.15, 0.2) is 18.2 Å². The van der Waals surface area contributed by atoms with E-state index in [0.717, 1.165) is 5.56 Å². The lowest BCUT2D eigenvalue weighted by Gasteiger charge is -2.15. The van der Waals surface area contributed by atoms with Gasteiger partial charge in [-0.25, -0.2) is 4.39 Å². The molecule has 0 aliphatic heterocycles. The third-order valence-electron chi connectivity index (χ3n) is 2.58. The average molecular weight is 268 g/mol. The Morgan fingerprint density at radius 2 is 2.16 bits per heavy atom. The van der Waals surface area contributed by atoms with Crippen molar-refractivity contribution in [1.29, 1.82) is 0 Å². The SMILES string of the molecule is CCNC(=O)C(C)Oc1ccc(CC(C)N)cc1F. The van der Waals surface area contributed by atoms with Crippen LogP contribution in [-0.2, 0) is 11.2 Å². The minimum absolute atomic E-state index is 0.0274. The fraction of sp³-hybridized carbons (Fsp3) is 0.500. The average Bonchev–Trinajstić information content (AvgIpc) is 2.32. The second-order valence-corrected chi connectivity index (χ2v) is 4.60. The van der Waals surface area contributed by atoms with Crippen LogP contribution in [-0.4, -0.2) is 24.6 Å². The standard InChI is InChI=1S/C14H21FN2O2/c1-4-17-14(18)10(3)19-13-6-5-11(7-9(2)16)8-12(13)15/h5-6,8-10H,4,7,16H2,1-3H3,(H,17,18). The molecule has 1 rings (SSSR count). The first-order chi connectivity index (χ1) is 8.93. The van der Waals surface area contributed by atoms with Crippen LogP contribution in [0.2, 0.25) is 0 Å². The molecule has 1 aromatic carbocycles. The molecule has 3 N–H and O–H groups in total. The Labute approximate surface area is 113 Å². The first-order valence-electron chi connectivity index (χ1n) is 6.42. The lowest BCUT2D eigenvalue weighted by Crippen LogP contribution is -2.36. The number of nitrogens with one attached hydrogen (secondary N) is 1. The number of carbonyl (C=O) groups is 1. The largest absolute Gasteiger partial charge is 0.478 e. The molecule has 0 aliphatic rings. The van der Waals surface area contributed by atoms with Gasteiger partial charge in [-0.05, 0) is 44.9 Å². The van der Waals surface area contributed by atoms with Crippen LogP contribution < -0.4 is 15.8 Å². The third kappa shape index (κ3) is 4.87. The monoisotopic (exact) mass is 268 g/mol. The fourth-order valence-corrected chi connectivity index (χ4v) is 1.70. The van der Waals surface area contributed by atoms with Gasteiger partial charge in [0, 0.05) is 12.6 Å². The second kappa shape index (κ2) is 7.09. The van der Waals surface area contributed by atoms with Gasteiger partial charge in [-0.3, -0.25) is 4.79 Å². The maximum Gasteiger partial charge on any atom is 0.260 e. The number of likely N-dealkylation sites (N-methyl/N-ethyl adjacent to an activating group) is 1. The quantitative estimate of drug-likeness (QED) is 0.824. The van der Waals surface area contributed by atoms with Crippen LogP contribution in [0.4, 0.5) is 4.39 Å². The predicted molar refractivity (Wildman–Crippen MR) is 72.5 cm³/mol. The van der Waals surface area contributed by atoms with Crippen LogP contribution >= 0.6 is 0 Å². The van der Waals surface area contributed by atoms with Gasteiger partial charge >= 0.3 is 0 Å². The molecule has 2 unspecified atom stereocenters. The molecule has 0 aliphatic carbocycles. The first kappa shape index (κ1) is 15.4. The Morgan fingerprint density at radius 3 is 2.68 bits per heavy atom. The molecule has 1 aromatic rings. The summed E-state index contributed by atoms with van der Waals surface area (Å²) < 4.78 is 19.1. The van der Waals surface area contributed by atoms with Gasteiger partial charge in [0.15, 0.2) is 17.7 Å². The Bertz CT molecular complexity index is 435. The molecular formula is C14H21FN2O2. The van der Waals surface area contributed by atoms with E-state index < -0.39 is 11.9 Å². The predicted octanol–water partition coefficient (Wildman–Crippen LogP) is 1.62. The van der Waals surface area contributed by atoms with E-state index in [4.69, 9.17) is 10.5 Å². The minimum Gasteiger partial charge on any atom is -0.478 e. The third-order valence-corrected chi connectivity index (χ3v) is 2.58. The van der Waals surface area contributed by atoms with Crippen molar-refractivity contribution in [2.45, 2.75) is 39.3 Å². The number of rotatable bonds is 6. The second-order valence-electron chi connectivity index (χ2n) is 4.60. The highest BCUT2D eigenvalue weighted by Gasteiger charge is 2.16. The van der Waals surface area contributed by atoms with Gasteiger partial charge in [-0.15, -0.1) is 0 Å². The van der Waals surface area contributed by atoms with E-state index in [2.05, 4.69) is 5.32 Å². The highest BCUT2D eigenvalue weighted by Crippen LogP contribution is 2.20. The Hall–Kier alpha value is -1.62. The zero-order valence-electron chi connectivity index (χ0n) is 11.6. The molecule has 0 heterocycles. The topological polar surface area (TPSA) is 64.3 Å². The Kier molecular flexibility index (Phi) is 5.76. The molecular weight excluding hydrogens is 247 g/mol. The summed E-state index contributed by atoms with van der Waals surface area (Å²) >= 11 is 0. The van der Waals surface area contributed by atoms with E-state index in [1.165, 1.54) is 12.1 Å². The molecule has 4 nitrogen and oxygen atoms in total. The number of halogens is 1. The summed E-state index contributed by atoms with van der Waals surface area (Å²) in [5.74, 6) is -0.664. The van der Waals surface area contributed by atoms with Crippen LogP contribution in [0, 0.1) is 5.82 Å². The van der Waals surface area contributed by atoms with Crippen LogP contribution in [0.3, 0.4) is 0 Å². The van der Waals surface area contributed by atoms with Gasteiger partial charge in [-0.2, -0.15) is 0 Å². The summed E-state index contributed by atoms with van der Waals surface area (Å²) in [6.07, 6.45) is -0.128. The maximum absolute atomic E-state index is 13.8. The molecule has 2 atom stereocenters. The fourth-order valence-electron chi connectivity index (χ4n) is 1.70. The smallest absolute Gasteiger partial charge is 0.260 e. The summed E-state index contributed by atoms with van der Waals surface area (Å²) in [6.45, 7) is 5.77. The number of hydrogen-bond donors (Lipinski definition) is 2. The molecule has 0 aromatic heterocycles. The molecule has 0 radical (unpaired) electrons. The van der Waals surface area contributed by atoms with Crippen LogP contribution in [0.25, 0.3) is 0 Å². The number of hydrogen-bond acceptors (Lipinski definition) is 3. The molecule has 5 heteroatoms. The number of carbonyl (C=O) groups excluding carboxylic acids is 1. The number of nitrogens with two attached hydrogens (primary N) is 1. The van der Waals surface area contributed by atoms with Crippen molar-refractivity contribution in [3.63, 3.8) is 0 Å². The Balaban J connectivity index is 2.71. The van der Waals surface area contributed by atoms with Crippen molar-refractivity contribution in [3.05, 3.63) is 29.6 Å². The lowest BCUT2D eigenvalue weighted by atomic mass is 10.1. The van der Waals surface area contributed by atoms with E-state index in [-0.39, 0.29) is 17.7 Å². The summed E-state index contributed by atoms with van der Waals surface area (Å²) in [4.78, 5) is 11.5. The highest BCUT2D eigenvalue weighted by molar-refractivity contribution is 5.80. The minimum atomic E-state index is -0.728. The van der Waals surface area contributed by atoms with E-state index >= 15 is 0 Å². The van der Waals surface area contributed by atoms with Crippen molar-refractivity contribution >= 4 is 5.91 Å². The summed E-state index contributed by atoms with van der Waals surface area (Å²) in [6, 6.07) is 4.65. The van der Waals surface area contributed by atoms with Crippen molar-refractivity contribution in [2.75, 3.05) is 6.54 Å². The molecule has 0 fully saturated rings. The van der Waals surface area contributed by atoms with Crippen molar-refractivity contribution in [1.82, 2.24) is 5.32 Å². The summed E-state index contributed by atoms with van der Waals surface area (Å²) in [5, 5.41) is 2.62. The van der Waals surface area contributed by atoms with Crippen molar-refractivity contribution < 1.29 is 13.9 Å². The van der Waals surface area contributed by atoms with Crippen LogP contribution in [0.5, 0.6) is 5.75 Å². The van der Waals surface area contributed by atoms with Gasteiger partial charge in [0.1, 0.15) is 0 Å². The number of ether oxygens (including phenoxy) is 1. The molecule has 106 valence electrons. The van der Waals surface area contributed by atoms with Crippen molar-refractivity contribution in [2.24, 2.45) is 5.73 Å². The number of benzene rings is 1. The van der Waals surface area contributed by atoms with Gasteiger partial charge in [-0.1, -0.05) is 6.07 Å². The molecule has 0 bridgehead atoms. The summed E-state index contributed by atoms with van der Waals surface area (Å²) in [5.41, 5.74) is 6.47. The molecule has 0 saturated heterocycles. The van der Waals surface area contributed by atoms with E-state index in [9.17, 15) is 9.18 Å². The van der Waals surface area contributed by atoms with Crippen LogP contribution in [0.1, 0.15) is 26.3 Å². The first-order valence-corrected chi connectivity index (χ1v) is 6.42. The molecule has 0 saturated carbocycles. The summed E-state index contributed by atoms with van der Waals surface area (Å²) in [7, 11) is 0. The normalized spacial score (nSPS) is 13.7. The lowest BCUT2D eigenvalue weighted by molar-refractivity contribution is -0.127. The Morgan fingerprint density at radius 1 is 1.47 bits per heavy atom. The zero-order valence-corrected chi connectivity index (χ0v) is 11.6. The van der Waals surface area contributed by atoms with Gasteiger partial charge in [0.2, 0.25) is 0 Å². The van der Waals surface area contributed by atoms with E-state index in [1.54, 1.807) is 13.0 Å². The highest BCUT2D eigenvalue weighted by atomic mass is 19.1. The molecule has 1 amide bonds. The van der Waals surface area contributed by atoms with E-state index in [0.29, 0.717) is 13.0 Å². The van der Waals surface area contributed by atoms with Gasteiger partial charge < -0.3 is 15.8 Å². The zero-order chi connectivity index (χ0) is 14.4. The van der Waals surface area contributed by atoms with Gasteiger partial charge in [0.25, 0.3) is 5.91 Å². The van der Waals surface area contributed by atoms with Gasteiger partial charge in [0.05, 0.1) is 0 Å². The van der Waals surface area contributed by atoms with E-state index in [1.807, 2.05) is 13.8 Å². The number of amides is 1.